The van der Waals surface area contributed by atoms with Crippen molar-refractivity contribution in [2.75, 3.05) is 28.1 Å². The van der Waals surface area contributed by atoms with Crippen LogP contribution >= 0.6 is 23.2 Å². The second-order valence-corrected chi connectivity index (χ2v) is 6.66. The maximum atomic E-state index is 9.49. The third kappa shape index (κ3) is 5.13. The quantitative estimate of drug-likeness (QED) is 0.341. The van der Waals surface area contributed by atoms with Crippen LogP contribution in [0.25, 0.3) is 21.8 Å². The van der Waals surface area contributed by atoms with Gasteiger partial charge in [-0.05, 0) is 12.1 Å². The van der Waals surface area contributed by atoms with Gasteiger partial charge >= 0.3 is 0 Å². The van der Waals surface area contributed by atoms with Gasteiger partial charge in [-0.2, -0.15) is 0 Å². The highest BCUT2D eigenvalue weighted by Gasteiger charge is 2.10. The van der Waals surface area contributed by atoms with Gasteiger partial charge in [-0.15, -0.1) is 0 Å². The van der Waals surface area contributed by atoms with E-state index in [0.717, 1.165) is 0 Å². The monoisotopic (exact) mass is 464 g/mol. The van der Waals surface area contributed by atoms with Gasteiger partial charge in [0.15, 0.2) is 29.8 Å². The zero-order chi connectivity index (χ0) is 22.4. The third-order valence-corrected chi connectivity index (χ3v) is 4.69. The van der Waals surface area contributed by atoms with Crippen LogP contribution in [0.5, 0.6) is 23.0 Å². The SMILES string of the molecule is COCOc1cc2c(Cl)ncnc2cc1OC.COc1cc2ncnc(Cl)c2cc1O. The first kappa shape index (κ1) is 22.5. The maximum Gasteiger partial charge on any atom is 0.188 e. The van der Waals surface area contributed by atoms with Gasteiger partial charge in [0, 0.05) is 30.0 Å². The number of aromatic nitrogens is 4. The predicted molar refractivity (Wildman–Crippen MR) is 116 cm³/mol. The second kappa shape index (κ2) is 10.3. The molecule has 11 heteroatoms. The summed E-state index contributed by atoms with van der Waals surface area (Å²) in [5.74, 6) is 1.51. The minimum atomic E-state index is 0.0247. The summed E-state index contributed by atoms with van der Waals surface area (Å²) in [6, 6.07) is 6.57. The lowest BCUT2D eigenvalue weighted by atomic mass is 10.2. The van der Waals surface area contributed by atoms with Crippen molar-refractivity contribution < 1.29 is 24.1 Å². The summed E-state index contributed by atoms with van der Waals surface area (Å²) in [5.41, 5.74) is 1.34. The lowest BCUT2D eigenvalue weighted by Gasteiger charge is -2.11. The maximum absolute atomic E-state index is 9.49. The fourth-order valence-electron chi connectivity index (χ4n) is 2.63. The Morgan fingerprint density at radius 3 is 1.84 bits per heavy atom. The minimum Gasteiger partial charge on any atom is -0.504 e. The first-order valence-electron chi connectivity index (χ1n) is 8.75. The lowest BCUT2D eigenvalue weighted by molar-refractivity contribution is 0.0493. The van der Waals surface area contributed by atoms with Crippen molar-refractivity contribution in [1.82, 2.24) is 19.9 Å². The van der Waals surface area contributed by atoms with E-state index in [-0.39, 0.29) is 12.5 Å². The van der Waals surface area contributed by atoms with Crippen molar-refractivity contribution in [2.45, 2.75) is 0 Å². The molecule has 2 heterocycles. The van der Waals surface area contributed by atoms with Crippen LogP contribution in [0.2, 0.25) is 10.3 Å². The molecule has 0 fully saturated rings. The van der Waals surface area contributed by atoms with Crippen molar-refractivity contribution in [3.8, 4) is 23.0 Å². The number of benzene rings is 2. The number of ether oxygens (including phenoxy) is 4. The standard InChI is InChI=1S/C11H11ClN2O3.C9H7ClN2O2/c1-15-6-17-10-3-7-8(4-9(10)16-2)13-5-14-11(7)12;1-14-8-3-6-5(2-7(8)13)9(10)12-4-11-6/h3-5H,6H2,1-2H3;2-4,13H,1H3. The van der Waals surface area contributed by atoms with Gasteiger partial charge in [0.25, 0.3) is 0 Å². The Morgan fingerprint density at radius 2 is 1.29 bits per heavy atom. The van der Waals surface area contributed by atoms with E-state index in [9.17, 15) is 5.11 Å². The van der Waals surface area contributed by atoms with Gasteiger partial charge < -0.3 is 24.1 Å². The van der Waals surface area contributed by atoms with E-state index in [4.69, 9.17) is 42.1 Å². The number of rotatable bonds is 5. The summed E-state index contributed by atoms with van der Waals surface area (Å²) in [6.07, 6.45) is 2.76. The summed E-state index contributed by atoms with van der Waals surface area (Å²) < 4.78 is 20.4. The highest BCUT2D eigenvalue weighted by atomic mass is 35.5. The third-order valence-electron chi connectivity index (χ3n) is 4.09. The number of halogens is 2. The number of phenolic OH excluding ortho intramolecular Hbond substituents is 1. The van der Waals surface area contributed by atoms with E-state index >= 15 is 0 Å². The van der Waals surface area contributed by atoms with Crippen molar-refractivity contribution in [2.24, 2.45) is 0 Å². The van der Waals surface area contributed by atoms with E-state index in [1.54, 1.807) is 32.4 Å². The smallest absolute Gasteiger partial charge is 0.188 e. The van der Waals surface area contributed by atoms with E-state index in [2.05, 4.69) is 19.9 Å². The molecule has 0 amide bonds. The van der Waals surface area contributed by atoms with Gasteiger partial charge in [-0.3, -0.25) is 0 Å². The van der Waals surface area contributed by atoms with Crippen molar-refractivity contribution in [3.05, 3.63) is 47.2 Å². The number of methoxy groups -OCH3 is 3. The summed E-state index contributed by atoms with van der Waals surface area (Å²) in [6.45, 7) is 0.132. The normalized spacial score (nSPS) is 10.5. The summed E-state index contributed by atoms with van der Waals surface area (Å²) in [5, 5.41) is 11.5. The van der Waals surface area contributed by atoms with Gasteiger partial charge in [0.1, 0.15) is 23.0 Å². The van der Waals surface area contributed by atoms with Crippen LogP contribution in [0.1, 0.15) is 0 Å². The molecule has 2 aromatic carbocycles. The van der Waals surface area contributed by atoms with Gasteiger partial charge in [-0.1, -0.05) is 23.2 Å². The van der Waals surface area contributed by atoms with Crippen LogP contribution in [-0.2, 0) is 4.74 Å². The van der Waals surface area contributed by atoms with Gasteiger partial charge in [0.2, 0.25) is 0 Å². The van der Waals surface area contributed by atoms with Crippen LogP contribution in [0.15, 0.2) is 36.9 Å². The molecule has 0 aliphatic heterocycles. The average molecular weight is 465 g/mol. The van der Waals surface area contributed by atoms with Crippen molar-refractivity contribution in [1.29, 1.82) is 0 Å². The Morgan fingerprint density at radius 1 is 0.742 bits per heavy atom. The molecule has 2 aromatic heterocycles. The molecule has 0 aliphatic carbocycles. The summed E-state index contributed by atoms with van der Waals surface area (Å²) in [4.78, 5) is 15.8. The number of nitrogens with zero attached hydrogens (tertiary/aromatic N) is 4. The zero-order valence-corrected chi connectivity index (χ0v) is 18.3. The Bertz CT molecular complexity index is 1210. The number of hydrogen-bond acceptors (Lipinski definition) is 9. The Hall–Kier alpha value is -3.14. The molecule has 0 bridgehead atoms. The molecule has 0 saturated carbocycles. The molecule has 9 nitrogen and oxygen atoms in total. The molecule has 4 rings (SSSR count). The number of phenols is 1. The minimum absolute atomic E-state index is 0.0247. The number of aromatic hydroxyl groups is 1. The average Bonchev–Trinajstić information content (AvgIpc) is 2.78. The largest absolute Gasteiger partial charge is 0.504 e. The Kier molecular flexibility index (Phi) is 7.45. The first-order valence-corrected chi connectivity index (χ1v) is 9.51. The Labute approximate surface area is 187 Å². The fraction of sp³-hybridized carbons (Fsp3) is 0.200. The fourth-order valence-corrected chi connectivity index (χ4v) is 3.02. The predicted octanol–water partition coefficient (Wildman–Crippen LogP) is 4.27. The molecule has 0 unspecified atom stereocenters. The van der Waals surface area contributed by atoms with Crippen LogP contribution in [0.4, 0.5) is 0 Å². The molecule has 0 atom stereocenters. The summed E-state index contributed by atoms with van der Waals surface area (Å²) >= 11 is 11.8. The molecule has 0 saturated heterocycles. The molecule has 0 aliphatic rings. The lowest BCUT2D eigenvalue weighted by Crippen LogP contribution is -2.01. The van der Waals surface area contributed by atoms with Gasteiger partial charge in [-0.25, -0.2) is 19.9 Å². The van der Waals surface area contributed by atoms with Gasteiger partial charge in [0.05, 0.1) is 25.3 Å². The van der Waals surface area contributed by atoms with E-state index < -0.39 is 0 Å². The van der Waals surface area contributed by atoms with Crippen LogP contribution in [0, 0.1) is 0 Å². The molecule has 162 valence electrons. The van der Waals surface area contributed by atoms with Crippen LogP contribution in [0.3, 0.4) is 0 Å². The van der Waals surface area contributed by atoms with Crippen molar-refractivity contribution >= 4 is 45.0 Å². The van der Waals surface area contributed by atoms with Crippen LogP contribution < -0.4 is 14.2 Å². The highest BCUT2D eigenvalue weighted by Crippen LogP contribution is 2.34. The molecule has 1 N–H and O–H groups in total. The summed E-state index contributed by atoms with van der Waals surface area (Å²) in [7, 11) is 4.58. The van der Waals surface area contributed by atoms with E-state index in [1.807, 2.05) is 0 Å². The molecule has 31 heavy (non-hydrogen) atoms. The molecule has 0 spiro atoms. The first-order chi connectivity index (χ1) is 15.0. The highest BCUT2D eigenvalue weighted by molar-refractivity contribution is 6.34. The number of hydrogen-bond donors (Lipinski definition) is 1. The van der Waals surface area contributed by atoms with Crippen molar-refractivity contribution in [3.63, 3.8) is 0 Å². The second-order valence-electron chi connectivity index (χ2n) is 5.94. The topological polar surface area (TPSA) is 109 Å². The van der Waals surface area contributed by atoms with E-state index in [0.29, 0.717) is 49.4 Å². The Balaban J connectivity index is 0.000000179. The molecular weight excluding hydrogens is 447 g/mol. The van der Waals surface area contributed by atoms with Crippen LogP contribution in [-0.4, -0.2) is 53.2 Å². The number of fused-ring (bicyclic) bond motifs is 2. The zero-order valence-electron chi connectivity index (χ0n) is 16.8. The van der Waals surface area contributed by atoms with E-state index in [1.165, 1.54) is 25.8 Å². The molecular formula is C20H18Cl2N4O5. The molecule has 4 aromatic rings. The molecule has 0 radical (unpaired) electrons.